The smallest absolute Gasteiger partial charge is 0.291 e. The van der Waals surface area contributed by atoms with Crippen LogP contribution in [0.5, 0.6) is 5.75 Å². The molecule has 1 atom stereocenters. The molecule has 3 aromatic carbocycles. The number of benzene rings is 3. The lowest BCUT2D eigenvalue weighted by molar-refractivity contribution is 0.254. The molecule has 0 amide bonds. The zero-order chi connectivity index (χ0) is 25.8. The van der Waals surface area contributed by atoms with Crippen molar-refractivity contribution in [2.75, 3.05) is 0 Å². The van der Waals surface area contributed by atoms with Gasteiger partial charge in [0.05, 0.1) is 10.2 Å². The van der Waals surface area contributed by atoms with Crippen molar-refractivity contribution < 1.29 is 4.74 Å². The van der Waals surface area contributed by atoms with Gasteiger partial charge in [0.25, 0.3) is 5.56 Å². The van der Waals surface area contributed by atoms with Gasteiger partial charge in [-0.05, 0) is 61.4 Å². The minimum absolute atomic E-state index is 0.163. The number of nitrogens with zero attached hydrogens (tertiary/aromatic N) is 5. The average Bonchev–Trinajstić information content (AvgIpc) is 3.68. The first-order valence-electron chi connectivity index (χ1n) is 12.5. The topological polar surface area (TPSA) is 74.3 Å². The fourth-order valence-corrected chi connectivity index (χ4v) is 5.81. The van der Waals surface area contributed by atoms with Gasteiger partial charge < -0.3 is 4.74 Å². The van der Waals surface area contributed by atoms with Gasteiger partial charge in [-0.2, -0.15) is 14.6 Å². The van der Waals surface area contributed by atoms with Gasteiger partial charge in [-0.15, -0.1) is 5.10 Å². The Hall–Kier alpha value is -4.56. The standard InChI is InChI=1S/C30H23N5O2S/c1-18-8-6-7-11-24(18)28-31-30-35(33-28)29(36)26(38-30)16-22-17-34(23-9-4-3-5-10-23)32-27(22)20-12-13-25-21(15-20)14-19(2)37-25/h3-13,15-17,19H,14H2,1-2H3. The Kier molecular flexibility index (Phi) is 5.23. The maximum Gasteiger partial charge on any atom is 0.291 e. The third-order valence-electron chi connectivity index (χ3n) is 6.79. The molecular formula is C30H23N5O2S. The summed E-state index contributed by atoms with van der Waals surface area (Å²) in [6.45, 7) is 4.09. The van der Waals surface area contributed by atoms with E-state index in [0.29, 0.717) is 15.3 Å². The van der Waals surface area contributed by atoms with Gasteiger partial charge >= 0.3 is 0 Å². The quantitative estimate of drug-likeness (QED) is 0.334. The van der Waals surface area contributed by atoms with E-state index in [2.05, 4.69) is 23.1 Å². The summed E-state index contributed by atoms with van der Waals surface area (Å²) in [4.78, 5) is 18.6. The lowest BCUT2D eigenvalue weighted by atomic mass is 10.0. The Bertz CT molecular complexity index is 1940. The van der Waals surface area contributed by atoms with Crippen molar-refractivity contribution in [1.29, 1.82) is 0 Å². The normalized spacial score (nSPS) is 15.2. The van der Waals surface area contributed by atoms with Crippen LogP contribution in [0.25, 0.3) is 39.4 Å². The summed E-state index contributed by atoms with van der Waals surface area (Å²) in [6, 6.07) is 24.1. The molecule has 6 aromatic rings. The van der Waals surface area contributed by atoms with E-state index in [-0.39, 0.29) is 11.7 Å². The van der Waals surface area contributed by atoms with Gasteiger partial charge in [0, 0.05) is 29.3 Å². The minimum Gasteiger partial charge on any atom is -0.490 e. The first-order valence-corrected chi connectivity index (χ1v) is 13.3. The van der Waals surface area contributed by atoms with Crippen molar-refractivity contribution in [3.8, 4) is 34.1 Å². The van der Waals surface area contributed by atoms with Crippen LogP contribution in [0.4, 0.5) is 0 Å². The van der Waals surface area contributed by atoms with Crippen molar-refractivity contribution in [2.45, 2.75) is 26.4 Å². The van der Waals surface area contributed by atoms with Crippen molar-refractivity contribution in [2.24, 2.45) is 0 Å². The van der Waals surface area contributed by atoms with Gasteiger partial charge in [0.2, 0.25) is 4.96 Å². The third-order valence-corrected chi connectivity index (χ3v) is 7.75. The van der Waals surface area contributed by atoms with Crippen LogP contribution in [-0.2, 0) is 6.42 Å². The molecule has 0 radical (unpaired) electrons. The molecule has 0 saturated heterocycles. The Morgan fingerprint density at radius 2 is 1.84 bits per heavy atom. The van der Waals surface area contributed by atoms with Gasteiger partial charge in [-0.3, -0.25) is 4.79 Å². The van der Waals surface area contributed by atoms with E-state index in [1.165, 1.54) is 21.4 Å². The number of para-hydroxylation sites is 1. The van der Waals surface area contributed by atoms with E-state index in [1.54, 1.807) is 0 Å². The molecule has 1 aliphatic rings. The molecule has 7 rings (SSSR count). The molecule has 7 nitrogen and oxygen atoms in total. The maximum absolute atomic E-state index is 13.4. The third kappa shape index (κ3) is 3.81. The molecule has 0 N–H and O–H groups in total. The lowest BCUT2D eigenvalue weighted by Crippen LogP contribution is -2.23. The highest BCUT2D eigenvalue weighted by Crippen LogP contribution is 2.34. The second-order valence-corrected chi connectivity index (χ2v) is 10.5. The SMILES string of the molecule is Cc1ccccc1-c1nc2sc(=Cc3cn(-c4ccccc4)nc3-c3ccc4c(c3)CC(C)O4)c(=O)n2n1. The van der Waals surface area contributed by atoms with Crippen LogP contribution < -0.4 is 14.8 Å². The number of thiazole rings is 1. The number of hydrogen-bond donors (Lipinski definition) is 0. The molecular weight excluding hydrogens is 494 g/mol. The summed E-state index contributed by atoms with van der Waals surface area (Å²) < 4.78 is 9.71. The fraction of sp³-hybridized carbons (Fsp3) is 0.133. The zero-order valence-corrected chi connectivity index (χ0v) is 21.6. The van der Waals surface area contributed by atoms with Crippen molar-refractivity contribution in [1.82, 2.24) is 24.4 Å². The molecule has 0 bridgehead atoms. The number of aryl methyl sites for hydroxylation is 1. The number of fused-ring (bicyclic) bond motifs is 2. The second-order valence-electron chi connectivity index (χ2n) is 9.53. The lowest BCUT2D eigenvalue weighted by Gasteiger charge is -2.04. The van der Waals surface area contributed by atoms with Crippen LogP contribution in [0, 0.1) is 6.92 Å². The molecule has 4 heterocycles. The fourth-order valence-electron chi connectivity index (χ4n) is 4.91. The monoisotopic (exact) mass is 517 g/mol. The molecule has 3 aromatic heterocycles. The highest BCUT2D eigenvalue weighted by Gasteiger charge is 2.21. The molecule has 0 aliphatic carbocycles. The van der Waals surface area contributed by atoms with Crippen molar-refractivity contribution in [3.05, 3.63) is 111 Å². The second kappa shape index (κ2) is 8.78. The van der Waals surface area contributed by atoms with Crippen molar-refractivity contribution in [3.63, 3.8) is 0 Å². The van der Waals surface area contributed by atoms with E-state index in [0.717, 1.165) is 45.8 Å². The highest BCUT2D eigenvalue weighted by atomic mass is 32.1. The minimum atomic E-state index is -0.188. The van der Waals surface area contributed by atoms with Crippen LogP contribution in [0.2, 0.25) is 0 Å². The van der Waals surface area contributed by atoms with E-state index < -0.39 is 0 Å². The van der Waals surface area contributed by atoms with Crippen LogP contribution in [-0.4, -0.2) is 30.5 Å². The summed E-state index contributed by atoms with van der Waals surface area (Å²) in [6.07, 6.45) is 4.88. The predicted molar refractivity (Wildman–Crippen MR) is 149 cm³/mol. The molecule has 1 unspecified atom stereocenters. The molecule has 186 valence electrons. The first-order chi connectivity index (χ1) is 18.5. The van der Waals surface area contributed by atoms with E-state index in [4.69, 9.17) is 9.84 Å². The molecule has 0 fully saturated rings. The summed E-state index contributed by atoms with van der Waals surface area (Å²) in [5, 5.41) is 9.47. The highest BCUT2D eigenvalue weighted by molar-refractivity contribution is 7.15. The molecule has 0 saturated carbocycles. The Labute approximate surface area is 222 Å². The van der Waals surface area contributed by atoms with Crippen LogP contribution in [0.15, 0.2) is 83.8 Å². The van der Waals surface area contributed by atoms with E-state index in [9.17, 15) is 4.79 Å². The number of aromatic nitrogens is 5. The summed E-state index contributed by atoms with van der Waals surface area (Å²) in [5.74, 6) is 1.48. The van der Waals surface area contributed by atoms with Gasteiger partial charge in [0.1, 0.15) is 17.5 Å². The van der Waals surface area contributed by atoms with E-state index in [1.807, 2.05) is 90.6 Å². The Morgan fingerprint density at radius 1 is 1.03 bits per heavy atom. The summed E-state index contributed by atoms with van der Waals surface area (Å²) in [7, 11) is 0. The van der Waals surface area contributed by atoms with Crippen LogP contribution >= 0.6 is 11.3 Å². The number of hydrogen-bond acceptors (Lipinski definition) is 6. The number of ether oxygens (including phenoxy) is 1. The first kappa shape index (κ1) is 22.6. The summed E-state index contributed by atoms with van der Waals surface area (Å²) in [5.41, 5.74) is 6.55. The van der Waals surface area contributed by atoms with Gasteiger partial charge in [0.15, 0.2) is 5.82 Å². The van der Waals surface area contributed by atoms with E-state index >= 15 is 0 Å². The number of rotatable bonds is 4. The zero-order valence-electron chi connectivity index (χ0n) is 20.8. The predicted octanol–water partition coefficient (Wildman–Crippen LogP) is 4.85. The average molecular weight is 518 g/mol. The molecule has 1 aliphatic heterocycles. The van der Waals surface area contributed by atoms with Crippen LogP contribution in [0.3, 0.4) is 0 Å². The Morgan fingerprint density at radius 3 is 2.66 bits per heavy atom. The summed E-state index contributed by atoms with van der Waals surface area (Å²) >= 11 is 1.33. The maximum atomic E-state index is 13.4. The van der Waals surface area contributed by atoms with Crippen molar-refractivity contribution >= 4 is 22.4 Å². The molecule has 8 heteroatoms. The van der Waals surface area contributed by atoms with Gasteiger partial charge in [-0.25, -0.2) is 4.68 Å². The molecule has 0 spiro atoms. The largest absolute Gasteiger partial charge is 0.490 e. The van der Waals surface area contributed by atoms with Gasteiger partial charge in [-0.1, -0.05) is 53.8 Å². The molecule has 38 heavy (non-hydrogen) atoms. The Balaban J connectivity index is 1.37. The van der Waals surface area contributed by atoms with Crippen LogP contribution in [0.1, 0.15) is 23.6 Å².